The Morgan fingerprint density at radius 2 is 2.05 bits per heavy atom. The Kier molecular flexibility index (Phi) is 4.08. The van der Waals surface area contributed by atoms with E-state index < -0.39 is 5.97 Å². The van der Waals surface area contributed by atoms with Crippen LogP contribution in [0.3, 0.4) is 0 Å². The number of amides is 1. The molecule has 2 rings (SSSR count). The van der Waals surface area contributed by atoms with Gasteiger partial charge in [-0.1, -0.05) is 19.1 Å². The molecule has 2 atom stereocenters. The van der Waals surface area contributed by atoms with Crippen molar-refractivity contribution in [3.8, 4) is 0 Å². The molecule has 1 aromatic heterocycles. The van der Waals surface area contributed by atoms with Gasteiger partial charge in [0, 0.05) is 23.6 Å². The van der Waals surface area contributed by atoms with E-state index in [2.05, 4.69) is 24.2 Å². The molecule has 1 saturated heterocycles. The molecular formula is C11H16N4O3S. The number of carbonyl (C=O) groups is 2. The SMILES string of the molecule is CC1CN(C(=O)Cn2cc(C(=O)O)nn2)CC(C)S1. The zero-order valence-electron chi connectivity index (χ0n) is 10.8. The molecule has 0 aromatic carbocycles. The number of thioether (sulfide) groups is 1. The second kappa shape index (κ2) is 5.60. The van der Waals surface area contributed by atoms with E-state index in [0.29, 0.717) is 23.6 Å². The van der Waals surface area contributed by atoms with Crippen LogP contribution < -0.4 is 0 Å². The van der Waals surface area contributed by atoms with Gasteiger partial charge in [0.1, 0.15) is 6.54 Å². The van der Waals surface area contributed by atoms with Crippen molar-refractivity contribution < 1.29 is 14.7 Å². The predicted octanol–water partition coefficient (Wildman–Crippen LogP) is 0.329. The fraction of sp³-hybridized carbons (Fsp3) is 0.636. The number of rotatable bonds is 3. The van der Waals surface area contributed by atoms with Gasteiger partial charge in [0.2, 0.25) is 5.91 Å². The van der Waals surface area contributed by atoms with E-state index in [1.165, 1.54) is 10.9 Å². The maximum atomic E-state index is 12.1. The minimum atomic E-state index is -1.14. The molecule has 1 amide bonds. The van der Waals surface area contributed by atoms with E-state index in [1.807, 2.05) is 11.8 Å². The molecule has 1 aliphatic rings. The predicted molar refractivity (Wildman–Crippen MR) is 70.1 cm³/mol. The molecule has 1 aromatic rings. The second-order valence-corrected chi connectivity index (χ2v) is 6.54. The second-order valence-electron chi connectivity index (χ2n) is 4.66. The summed E-state index contributed by atoms with van der Waals surface area (Å²) in [4.78, 5) is 24.6. The molecule has 7 nitrogen and oxygen atoms in total. The van der Waals surface area contributed by atoms with Gasteiger partial charge in [0.15, 0.2) is 5.69 Å². The minimum absolute atomic E-state index is 0.0321. The third kappa shape index (κ3) is 3.46. The van der Waals surface area contributed by atoms with Gasteiger partial charge < -0.3 is 10.0 Å². The molecule has 19 heavy (non-hydrogen) atoms. The van der Waals surface area contributed by atoms with Crippen LogP contribution in [-0.2, 0) is 11.3 Å². The molecule has 0 aliphatic carbocycles. The number of aromatic nitrogens is 3. The lowest BCUT2D eigenvalue weighted by molar-refractivity contribution is -0.132. The highest BCUT2D eigenvalue weighted by atomic mass is 32.2. The number of hydrogen-bond acceptors (Lipinski definition) is 5. The van der Waals surface area contributed by atoms with Gasteiger partial charge >= 0.3 is 5.97 Å². The molecular weight excluding hydrogens is 268 g/mol. The number of hydrogen-bond donors (Lipinski definition) is 1. The third-order valence-electron chi connectivity index (χ3n) is 2.83. The Morgan fingerprint density at radius 3 is 2.58 bits per heavy atom. The highest BCUT2D eigenvalue weighted by molar-refractivity contribution is 8.00. The van der Waals surface area contributed by atoms with Crippen molar-refractivity contribution in [1.82, 2.24) is 19.9 Å². The van der Waals surface area contributed by atoms with Crippen molar-refractivity contribution in [3.63, 3.8) is 0 Å². The topological polar surface area (TPSA) is 88.3 Å². The first-order valence-electron chi connectivity index (χ1n) is 6.02. The van der Waals surface area contributed by atoms with Crippen LogP contribution in [0.4, 0.5) is 0 Å². The van der Waals surface area contributed by atoms with E-state index in [4.69, 9.17) is 5.11 Å². The Bertz CT molecular complexity index is 480. The number of nitrogens with zero attached hydrogens (tertiary/aromatic N) is 4. The lowest BCUT2D eigenvalue weighted by Gasteiger charge is -2.34. The molecule has 1 aliphatic heterocycles. The van der Waals surface area contributed by atoms with Gasteiger partial charge in [-0.05, 0) is 0 Å². The zero-order valence-corrected chi connectivity index (χ0v) is 11.6. The first-order chi connectivity index (χ1) is 8.95. The quantitative estimate of drug-likeness (QED) is 0.860. The van der Waals surface area contributed by atoms with Gasteiger partial charge in [-0.15, -0.1) is 5.10 Å². The summed E-state index contributed by atoms with van der Waals surface area (Å²) in [5.41, 5.74) is -0.149. The average molecular weight is 284 g/mol. The van der Waals surface area contributed by atoms with Crippen LogP contribution >= 0.6 is 11.8 Å². The molecule has 2 heterocycles. The maximum absolute atomic E-state index is 12.1. The van der Waals surface area contributed by atoms with E-state index in [-0.39, 0.29) is 18.1 Å². The molecule has 8 heteroatoms. The molecule has 0 spiro atoms. The van der Waals surface area contributed by atoms with Gasteiger partial charge in [-0.25, -0.2) is 9.48 Å². The largest absolute Gasteiger partial charge is 0.476 e. The van der Waals surface area contributed by atoms with Crippen molar-refractivity contribution in [2.45, 2.75) is 30.9 Å². The monoisotopic (exact) mass is 284 g/mol. The molecule has 0 bridgehead atoms. The normalized spacial score (nSPS) is 23.4. The first kappa shape index (κ1) is 13.9. The van der Waals surface area contributed by atoms with Crippen LogP contribution in [0.2, 0.25) is 0 Å². The highest BCUT2D eigenvalue weighted by Crippen LogP contribution is 2.24. The van der Waals surface area contributed by atoms with Crippen molar-refractivity contribution in [2.75, 3.05) is 13.1 Å². The summed E-state index contributed by atoms with van der Waals surface area (Å²) in [6, 6.07) is 0. The van der Waals surface area contributed by atoms with Crippen LogP contribution in [0.5, 0.6) is 0 Å². The van der Waals surface area contributed by atoms with E-state index in [1.54, 1.807) is 4.90 Å². The van der Waals surface area contributed by atoms with Crippen LogP contribution in [-0.4, -0.2) is 60.5 Å². The Hall–Kier alpha value is -1.57. The summed E-state index contributed by atoms with van der Waals surface area (Å²) in [7, 11) is 0. The van der Waals surface area contributed by atoms with Crippen LogP contribution in [0, 0.1) is 0 Å². The number of aromatic carboxylic acids is 1. The number of carboxylic acid groups (broad SMARTS) is 1. The van der Waals surface area contributed by atoms with E-state index in [9.17, 15) is 9.59 Å². The summed E-state index contributed by atoms with van der Waals surface area (Å²) in [5, 5.41) is 16.7. The fourth-order valence-electron chi connectivity index (χ4n) is 2.09. The zero-order chi connectivity index (χ0) is 14.0. The van der Waals surface area contributed by atoms with Gasteiger partial charge in [-0.2, -0.15) is 11.8 Å². The summed E-state index contributed by atoms with van der Waals surface area (Å²) in [6.07, 6.45) is 1.27. The molecule has 2 unspecified atom stereocenters. The third-order valence-corrected chi connectivity index (χ3v) is 4.05. The lowest BCUT2D eigenvalue weighted by atomic mass is 10.3. The smallest absolute Gasteiger partial charge is 0.358 e. The molecule has 1 fully saturated rings. The van der Waals surface area contributed by atoms with E-state index >= 15 is 0 Å². The first-order valence-corrected chi connectivity index (χ1v) is 6.96. The Morgan fingerprint density at radius 1 is 1.42 bits per heavy atom. The summed E-state index contributed by atoms with van der Waals surface area (Å²) < 4.78 is 1.27. The molecule has 104 valence electrons. The lowest BCUT2D eigenvalue weighted by Crippen LogP contribution is -2.45. The maximum Gasteiger partial charge on any atom is 0.358 e. The van der Waals surface area contributed by atoms with Crippen LogP contribution in [0.1, 0.15) is 24.3 Å². The fourth-order valence-corrected chi connectivity index (χ4v) is 3.42. The number of carbonyl (C=O) groups excluding carboxylic acids is 1. The molecule has 1 N–H and O–H groups in total. The minimum Gasteiger partial charge on any atom is -0.476 e. The summed E-state index contributed by atoms with van der Waals surface area (Å²) in [6.45, 7) is 5.66. The van der Waals surface area contributed by atoms with Crippen molar-refractivity contribution in [3.05, 3.63) is 11.9 Å². The van der Waals surface area contributed by atoms with Crippen molar-refractivity contribution >= 4 is 23.6 Å². The van der Waals surface area contributed by atoms with Crippen molar-refractivity contribution in [2.24, 2.45) is 0 Å². The summed E-state index contributed by atoms with van der Waals surface area (Å²) in [5.74, 6) is -1.20. The highest BCUT2D eigenvalue weighted by Gasteiger charge is 2.26. The number of carboxylic acids is 1. The Balaban J connectivity index is 1.98. The Labute approximate surface area is 115 Å². The van der Waals surface area contributed by atoms with Crippen LogP contribution in [0.25, 0.3) is 0 Å². The standard InChI is InChI=1S/C11H16N4O3S/c1-7-3-14(4-8(2)19-7)10(16)6-15-5-9(11(17)18)12-13-15/h5,7-8H,3-4,6H2,1-2H3,(H,17,18). The van der Waals surface area contributed by atoms with Crippen molar-refractivity contribution in [1.29, 1.82) is 0 Å². The van der Waals surface area contributed by atoms with E-state index in [0.717, 1.165) is 0 Å². The average Bonchev–Trinajstić information content (AvgIpc) is 2.76. The molecule has 0 saturated carbocycles. The van der Waals surface area contributed by atoms with Gasteiger partial charge in [0.25, 0.3) is 0 Å². The van der Waals surface area contributed by atoms with Gasteiger partial charge in [0.05, 0.1) is 6.20 Å². The molecule has 0 radical (unpaired) electrons. The van der Waals surface area contributed by atoms with Crippen LogP contribution in [0.15, 0.2) is 6.20 Å². The van der Waals surface area contributed by atoms with Gasteiger partial charge in [-0.3, -0.25) is 4.79 Å². The summed E-state index contributed by atoms with van der Waals surface area (Å²) >= 11 is 1.87.